The predicted molar refractivity (Wildman–Crippen MR) is 205 cm³/mol. The number of aromatic nitrogens is 6. The van der Waals surface area contributed by atoms with Crippen molar-refractivity contribution >= 4 is 55.7 Å². The number of rotatable bonds is 5. The molecule has 0 saturated heterocycles. The molecule has 7 aromatic carbocycles. The topological polar surface area (TPSA) is 53.7 Å². The van der Waals surface area contributed by atoms with E-state index in [0.717, 1.165) is 78.2 Å². The maximum Gasteiger partial charge on any atom is 0.220 e. The zero-order chi connectivity index (χ0) is 34.3. The van der Waals surface area contributed by atoms with Crippen molar-refractivity contribution in [1.82, 2.24) is 27.9 Å². The molecule has 0 bridgehead atoms. The highest BCUT2D eigenvalue weighted by atomic mass is 19.1. The quantitative estimate of drug-likeness (QED) is 0.183. The highest BCUT2D eigenvalue weighted by Gasteiger charge is 2.20. The van der Waals surface area contributed by atoms with E-state index in [-0.39, 0.29) is 5.82 Å². The third kappa shape index (κ3) is 4.24. The zero-order valence-corrected chi connectivity index (χ0v) is 27.6. The zero-order valence-electron chi connectivity index (χ0n) is 27.6. The minimum atomic E-state index is -0.303. The number of imidazole rings is 4. The largest absolute Gasteiger partial charge is 0.457 e. The van der Waals surface area contributed by atoms with Crippen LogP contribution in [-0.4, -0.2) is 27.9 Å². The van der Waals surface area contributed by atoms with Crippen LogP contribution >= 0.6 is 0 Å². The molecule has 8 heteroatoms. The van der Waals surface area contributed by atoms with Gasteiger partial charge < -0.3 is 4.74 Å². The summed E-state index contributed by atoms with van der Waals surface area (Å²) < 4.78 is 30.1. The van der Waals surface area contributed by atoms with Crippen molar-refractivity contribution < 1.29 is 9.13 Å². The molecule has 0 unspecified atom stereocenters. The lowest BCUT2D eigenvalue weighted by molar-refractivity contribution is 0.482. The molecule has 0 saturated carbocycles. The summed E-state index contributed by atoms with van der Waals surface area (Å²) in [6.45, 7) is 0. The molecule has 0 N–H and O–H groups in total. The molecule has 0 radical (unpaired) electrons. The lowest BCUT2D eigenvalue weighted by Gasteiger charge is -2.14. The van der Waals surface area contributed by atoms with Gasteiger partial charge in [0.2, 0.25) is 11.6 Å². The number of ether oxygens (including phenoxy) is 1. The molecule has 0 fully saturated rings. The molecular weight excluding hydrogens is 648 g/mol. The van der Waals surface area contributed by atoms with Crippen molar-refractivity contribution in [2.75, 3.05) is 0 Å². The molecule has 0 amide bonds. The maximum absolute atomic E-state index is 14.6. The number of benzene rings is 7. The van der Waals surface area contributed by atoms with Crippen molar-refractivity contribution in [2.24, 2.45) is 0 Å². The van der Waals surface area contributed by atoms with E-state index in [1.165, 1.54) is 6.07 Å². The van der Waals surface area contributed by atoms with Gasteiger partial charge in [0, 0.05) is 12.1 Å². The van der Waals surface area contributed by atoms with Crippen LogP contribution in [0.15, 0.2) is 164 Å². The normalized spacial score (nSPS) is 11.9. The monoisotopic (exact) mass is 674 g/mol. The molecule has 11 rings (SSSR count). The fraction of sp³-hybridized carbons (Fsp3) is 0. The first kappa shape index (κ1) is 28.6. The molecule has 0 aliphatic carbocycles. The number of hydrogen-bond donors (Lipinski definition) is 0. The molecule has 0 spiro atoms. The van der Waals surface area contributed by atoms with Crippen LogP contribution in [0.4, 0.5) is 4.39 Å². The van der Waals surface area contributed by atoms with Crippen molar-refractivity contribution in [2.45, 2.75) is 0 Å². The Morgan fingerprint density at radius 3 is 1.58 bits per heavy atom. The minimum Gasteiger partial charge on any atom is -0.457 e. The van der Waals surface area contributed by atoms with Gasteiger partial charge in [-0.25, -0.2) is 14.4 Å². The van der Waals surface area contributed by atoms with Crippen LogP contribution in [0.1, 0.15) is 0 Å². The van der Waals surface area contributed by atoms with Crippen LogP contribution in [0, 0.1) is 5.82 Å². The summed E-state index contributed by atoms with van der Waals surface area (Å²) >= 11 is 0. The SMILES string of the molecule is Fc1cccc(-c2cc(Oc3cccc(-n4c5ccccc5n5c6ccccc6nc45)c3)cc(-n3c4ccccc4n4c5ccccc5nc34)c2)c1. The second-order valence-electron chi connectivity index (χ2n) is 12.9. The maximum atomic E-state index is 14.6. The van der Waals surface area contributed by atoms with Gasteiger partial charge >= 0.3 is 0 Å². The average molecular weight is 675 g/mol. The van der Waals surface area contributed by atoms with Gasteiger partial charge in [-0.15, -0.1) is 0 Å². The van der Waals surface area contributed by atoms with Crippen molar-refractivity contribution in [1.29, 1.82) is 0 Å². The lowest BCUT2D eigenvalue weighted by atomic mass is 10.0. The Morgan fingerprint density at radius 2 is 0.942 bits per heavy atom. The summed E-state index contributed by atoms with van der Waals surface area (Å²) in [5, 5.41) is 0. The summed E-state index contributed by atoms with van der Waals surface area (Å²) in [5.41, 5.74) is 11.4. The number of fused-ring (bicyclic) bond motifs is 10. The van der Waals surface area contributed by atoms with E-state index in [0.29, 0.717) is 11.5 Å². The lowest BCUT2D eigenvalue weighted by Crippen LogP contribution is -1.98. The average Bonchev–Trinajstić information content (AvgIpc) is 3.91. The molecule has 0 atom stereocenters. The van der Waals surface area contributed by atoms with Gasteiger partial charge in [-0.1, -0.05) is 66.7 Å². The van der Waals surface area contributed by atoms with Crippen LogP contribution < -0.4 is 4.74 Å². The van der Waals surface area contributed by atoms with E-state index >= 15 is 0 Å². The Kier molecular flexibility index (Phi) is 6.00. The molecule has 246 valence electrons. The van der Waals surface area contributed by atoms with E-state index in [9.17, 15) is 4.39 Å². The van der Waals surface area contributed by atoms with Crippen LogP contribution in [0.25, 0.3) is 78.2 Å². The Hall–Kier alpha value is -7.19. The third-order valence-electron chi connectivity index (χ3n) is 9.83. The van der Waals surface area contributed by atoms with Gasteiger partial charge in [-0.3, -0.25) is 17.9 Å². The predicted octanol–water partition coefficient (Wildman–Crippen LogP) is 10.8. The Bertz CT molecular complexity index is 3200. The molecule has 0 aliphatic rings. The van der Waals surface area contributed by atoms with E-state index in [2.05, 4.69) is 72.5 Å². The summed E-state index contributed by atoms with van der Waals surface area (Å²) in [6.07, 6.45) is 0. The standard InChI is InChI=1S/C44H27FN6O/c45-30-12-9-11-28(23-30)29-24-32(49-40-20-6-8-22-42(40)51-38-18-4-2-16-36(38)47-44(49)51)27-34(25-29)52-33-14-10-13-31(26-33)48-39-19-5-7-21-41(39)50-37-17-3-1-15-35(37)46-43(48)50/h1-27H. The molecule has 52 heavy (non-hydrogen) atoms. The van der Waals surface area contributed by atoms with E-state index in [4.69, 9.17) is 14.7 Å². The van der Waals surface area contributed by atoms with E-state index in [1.807, 2.05) is 91.0 Å². The van der Waals surface area contributed by atoms with Crippen LogP contribution in [0.3, 0.4) is 0 Å². The summed E-state index contributed by atoms with van der Waals surface area (Å²) in [5.74, 6) is 2.56. The van der Waals surface area contributed by atoms with Crippen LogP contribution in [-0.2, 0) is 0 Å². The van der Waals surface area contributed by atoms with E-state index in [1.54, 1.807) is 12.1 Å². The summed E-state index contributed by atoms with van der Waals surface area (Å²) in [6, 6.07) is 53.7. The third-order valence-corrected chi connectivity index (χ3v) is 9.83. The Morgan fingerprint density at radius 1 is 0.404 bits per heavy atom. The van der Waals surface area contributed by atoms with E-state index < -0.39 is 0 Å². The van der Waals surface area contributed by atoms with Crippen molar-refractivity contribution in [3.8, 4) is 34.0 Å². The Labute approximate surface area is 295 Å². The number of nitrogens with zero attached hydrogens (tertiary/aromatic N) is 6. The van der Waals surface area contributed by atoms with Gasteiger partial charge in [0.25, 0.3) is 0 Å². The molecule has 0 aliphatic heterocycles. The molecular formula is C44H27FN6O. The van der Waals surface area contributed by atoms with Gasteiger partial charge in [0.05, 0.1) is 55.5 Å². The molecule has 4 heterocycles. The van der Waals surface area contributed by atoms with Gasteiger partial charge in [0.1, 0.15) is 17.3 Å². The first-order valence-electron chi connectivity index (χ1n) is 17.1. The Balaban J connectivity index is 1.10. The number of hydrogen-bond acceptors (Lipinski definition) is 3. The van der Waals surface area contributed by atoms with Crippen LogP contribution in [0.2, 0.25) is 0 Å². The smallest absolute Gasteiger partial charge is 0.220 e. The highest BCUT2D eigenvalue weighted by Crippen LogP contribution is 2.36. The second kappa shape index (κ2) is 10.9. The highest BCUT2D eigenvalue weighted by molar-refractivity contribution is 5.93. The minimum absolute atomic E-state index is 0.303. The first-order chi connectivity index (χ1) is 25.7. The number of halogens is 1. The molecule has 11 aromatic rings. The van der Waals surface area contributed by atoms with Crippen molar-refractivity contribution in [3.05, 3.63) is 170 Å². The van der Waals surface area contributed by atoms with Crippen LogP contribution in [0.5, 0.6) is 11.5 Å². The van der Waals surface area contributed by atoms with Gasteiger partial charge in [0.15, 0.2) is 0 Å². The summed E-state index contributed by atoms with van der Waals surface area (Å²) in [4.78, 5) is 10.1. The first-order valence-corrected chi connectivity index (χ1v) is 17.1. The van der Waals surface area contributed by atoms with Gasteiger partial charge in [-0.05, 0) is 96.1 Å². The molecule has 4 aromatic heterocycles. The van der Waals surface area contributed by atoms with Gasteiger partial charge in [-0.2, -0.15) is 0 Å². The summed E-state index contributed by atoms with van der Waals surface area (Å²) in [7, 11) is 0. The molecule has 7 nitrogen and oxygen atoms in total. The second-order valence-corrected chi connectivity index (χ2v) is 12.9. The fourth-order valence-electron chi connectivity index (χ4n) is 7.64. The van der Waals surface area contributed by atoms with Crippen molar-refractivity contribution in [3.63, 3.8) is 0 Å². The fourth-order valence-corrected chi connectivity index (χ4v) is 7.64. The number of para-hydroxylation sites is 8.